The van der Waals surface area contributed by atoms with Gasteiger partial charge in [0.15, 0.2) is 0 Å². The monoisotopic (exact) mass is 495 g/mol. The lowest BCUT2D eigenvalue weighted by atomic mass is 9.91. The summed E-state index contributed by atoms with van der Waals surface area (Å²) in [6.07, 6.45) is 2.12. The molecule has 1 N–H and O–H groups in total. The van der Waals surface area contributed by atoms with E-state index in [1.54, 1.807) is 12.1 Å². The number of hydrogen-bond acceptors (Lipinski definition) is 3. The van der Waals surface area contributed by atoms with Crippen molar-refractivity contribution in [3.63, 3.8) is 0 Å². The van der Waals surface area contributed by atoms with Gasteiger partial charge in [-0.3, -0.25) is 9.59 Å². The second-order valence-electron chi connectivity index (χ2n) is 9.25. The molecule has 0 saturated heterocycles. The molecule has 1 atom stereocenters. The summed E-state index contributed by atoms with van der Waals surface area (Å²) < 4.78 is 19.8. The van der Waals surface area contributed by atoms with Crippen molar-refractivity contribution in [1.29, 1.82) is 0 Å². The quantitative estimate of drug-likeness (QED) is 0.428. The van der Waals surface area contributed by atoms with Gasteiger partial charge in [0.25, 0.3) is 0 Å². The number of aryl methyl sites for hydroxylation is 1. The number of rotatable bonds is 9. The minimum atomic E-state index is -1.11. The molecule has 35 heavy (non-hydrogen) atoms. The molecule has 3 aromatic rings. The number of nitrogens with zero attached hydrogens (tertiary/aromatic N) is 1. The fourth-order valence-corrected chi connectivity index (χ4v) is 4.65. The maximum absolute atomic E-state index is 13.5. The number of halogens is 2. The second kappa shape index (κ2) is 10.5. The molecule has 1 amide bonds. The number of carbonyl (C=O) groups excluding carboxylic acids is 1. The van der Waals surface area contributed by atoms with E-state index < -0.39 is 18.3 Å². The Morgan fingerprint density at radius 2 is 1.80 bits per heavy atom. The zero-order valence-electron chi connectivity index (χ0n) is 19.5. The SMILES string of the molecule is C[C@]1(Cc2ccc(Cl)cc2)Cc2cc(CCC(=O)N(CC(=O)O)Cc3cccc(F)c3)ccc2O1. The molecular weight excluding hydrogens is 469 g/mol. The van der Waals surface area contributed by atoms with Crippen molar-refractivity contribution in [2.45, 2.75) is 44.8 Å². The molecule has 4 rings (SSSR count). The van der Waals surface area contributed by atoms with E-state index in [2.05, 4.69) is 13.0 Å². The number of fused-ring (bicyclic) bond motifs is 1. The van der Waals surface area contributed by atoms with Gasteiger partial charge in [0.2, 0.25) is 5.91 Å². The normalized spacial score (nSPS) is 16.4. The topological polar surface area (TPSA) is 66.8 Å². The third kappa shape index (κ3) is 6.61. The predicted octanol–water partition coefficient (Wildman–Crippen LogP) is 5.46. The van der Waals surface area contributed by atoms with Gasteiger partial charge in [-0.25, -0.2) is 4.39 Å². The van der Waals surface area contributed by atoms with Crippen LogP contribution in [0.2, 0.25) is 5.02 Å². The first-order chi connectivity index (χ1) is 16.7. The number of carbonyl (C=O) groups is 2. The lowest BCUT2D eigenvalue weighted by Gasteiger charge is -2.24. The Hall–Kier alpha value is -3.38. The molecule has 0 spiro atoms. The summed E-state index contributed by atoms with van der Waals surface area (Å²) in [5.41, 5.74) is 3.40. The molecule has 1 heterocycles. The fourth-order valence-electron chi connectivity index (χ4n) is 4.52. The highest BCUT2D eigenvalue weighted by Gasteiger charge is 2.35. The number of carboxylic acid groups (broad SMARTS) is 1. The van der Waals surface area contributed by atoms with Crippen LogP contribution in [-0.2, 0) is 35.4 Å². The Kier molecular flexibility index (Phi) is 7.41. The van der Waals surface area contributed by atoms with Crippen LogP contribution < -0.4 is 4.74 Å². The predicted molar refractivity (Wildman–Crippen MR) is 132 cm³/mol. The maximum Gasteiger partial charge on any atom is 0.323 e. The van der Waals surface area contributed by atoms with Gasteiger partial charge in [-0.2, -0.15) is 0 Å². The van der Waals surface area contributed by atoms with Crippen molar-refractivity contribution in [3.05, 3.63) is 99.8 Å². The van der Waals surface area contributed by atoms with Gasteiger partial charge in [-0.15, -0.1) is 0 Å². The van der Waals surface area contributed by atoms with Crippen LogP contribution in [0.1, 0.15) is 35.6 Å². The van der Waals surface area contributed by atoms with Crippen molar-refractivity contribution in [2.75, 3.05) is 6.54 Å². The Balaban J connectivity index is 1.38. The Morgan fingerprint density at radius 3 is 2.51 bits per heavy atom. The molecule has 1 aliphatic rings. The van der Waals surface area contributed by atoms with Gasteiger partial charge in [0.1, 0.15) is 23.7 Å². The Bertz CT molecular complexity index is 1230. The highest BCUT2D eigenvalue weighted by atomic mass is 35.5. The van der Waals surface area contributed by atoms with Crippen molar-refractivity contribution < 1.29 is 23.8 Å². The van der Waals surface area contributed by atoms with Crippen molar-refractivity contribution in [2.24, 2.45) is 0 Å². The van der Waals surface area contributed by atoms with E-state index in [9.17, 15) is 19.1 Å². The largest absolute Gasteiger partial charge is 0.487 e. The van der Waals surface area contributed by atoms with E-state index in [4.69, 9.17) is 16.3 Å². The first kappa shape index (κ1) is 24.7. The van der Waals surface area contributed by atoms with E-state index in [0.717, 1.165) is 35.3 Å². The summed E-state index contributed by atoms with van der Waals surface area (Å²) >= 11 is 5.99. The smallest absolute Gasteiger partial charge is 0.323 e. The van der Waals surface area contributed by atoms with Crippen molar-refractivity contribution >= 4 is 23.5 Å². The van der Waals surface area contributed by atoms with Crippen molar-refractivity contribution in [3.8, 4) is 5.75 Å². The van der Waals surface area contributed by atoms with Crippen LogP contribution in [0.4, 0.5) is 4.39 Å². The fraction of sp³-hybridized carbons (Fsp3) is 0.286. The molecule has 0 unspecified atom stereocenters. The van der Waals surface area contributed by atoms with Crippen LogP contribution in [0.3, 0.4) is 0 Å². The number of amides is 1. The molecule has 0 fully saturated rings. The summed E-state index contributed by atoms with van der Waals surface area (Å²) in [6, 6.07) is 19.5. The molecule has 0 radical (unpaired) electrons. The minimum Gasteiger partial charge on any atom is -0.487 e. The average molecular weight is 496 g/mol. The van der Waals surface area contributed by atoms with Crippen LogP contribution in [0.25, 0.3) is 0 Å². The lowest BCUT2D eigenvalue weighted by Crippen LogP contribution is -2.35. The van der Waals surface area contributed by atoms with Crippen LogP contribution in [0.5, 0.6) is 5.75 Å². The van der Waals surface area contributed by atoms with Gasteiger partial charge >= 0.3 is 5.97 Å². The van der Waals surface area contributed by atoms with Crippen LogP contribution >= 0.6 is 11.6 Å². The first-order valence-electron chi connectivity index (χ1n) is 11.5. The summed E-state index contributed by atoms with van der Waals surface area (Å²) in [5, 5.41) is 9.94. The molecule has 1 aliphatic heterocycles. The summed E-state index contributed by atoms with van der Waals surface area (Å²) in [4.78, 5) is 25.4. The van der Waals surface area contributed by atoms with Gasteiger partial charge in [-0.05, 0) is 65.9 Å². The molecule has 5 nitrogen and oxygen atoms in total. The third-order valence-electron chi connectivity index (χ3n) is 6.11. The number of benzene rings is 3. The van der Waals surface area contributed by atoms with Crippen LogP contribution in [-0.4, -0.2) is 34.0 Å². The molecule has 0 bridgehead atoms. The number of ether oxygens (including phenoxy) is 1. The molecule has 0 saturated carbocycles. The maximum atomic E-state index is 13.5. The number of aliphatic carboxylic acids is 1. The van der Waals surface area contributed by atoms with Gasteiger partial charge in [-0.1, -0.05) is 48.0 Å². The van der Waals surface area contributed by atoms with Gasteiger partial charge < -0.3 is 14.7 Å². The minimum absolute atomic E-state index is 0.0456. The van der Waals surface area contributed by atoms with E-state index in [0.29, 0.717) is 17.0 Å². The molecular formula is C28H27ClFNO4. The van der Waals surface area contributed by atoms with E-state index in [-0.39, 0.29) is 24.5 Å². The van der Waals surface area contributed by atoms with Gasteiger partial charge in [0.05, 0.1) is 0 Å². The summed E-state index contributed by atoms with van der Waals surface area (Å²) in [7, 11) is 0. The zero-order chi connectivity index (χ0) is 25.0. The molecule has 3 aromatic carbocycles. The highest BCUT2D eigenvalue weighted by Crippen LogP contribution is 2.37. The third-order valence-corrected chi connectivity index (χ3v) is 6.36. The molecule has 182 valence electrons. The zero-order valence-corrected chi connectivity index (χ0v) is 20.2. The van der Waals surface area contributed by atoms with E-state index in [1.165, 1.54) is 17.0 Å². The molecule has 0 aromatic heterocycles. The average Bonchev–Trinajstić information content (AvgIpc) is 3.13. The van der Waals surface area contributed by atoms with Gasteiger partial charge in [0, 0.05) is 30.8 Å². The Morgan fingerprint density at radius 1 is 1.06 bits per heavy atom. The molecule has 0 aliphatic carbocycles. The second-order valence-corrected chi connectivity index (χ2v) is 9.68. The van der Waals surface area contributed by atoms with Crippen molar-refractivity contribution in [1.82, 2.24) is 4.90 Å². The van der Waals surface area contributed by atoms with Crippen LogP contribution in [0.15, 0.2) is 66.7 Å². The Labute approximate surface area is 209 Å². The van der Waals surface area contributed by atoms with Crippen LogP contribution in [0, 0.1) is 5.82 Å². The number of carboxylic acids is 1. The first-order valence-corrected chi connectivity index (χ1v) is 11.9. The summed E-state index contributed by atoms with van der Waals surface area (Å²) in [5.74, 6) is -0.978. The molecule has 7 heteroatoms. The standard InChI is InChI=1S/C28H27ClFNO4/c1-28(15-20-5-9-23(29)10-6-20)16-22-13-19(7-11-25(22)35-28)8-12-26(32)31(18-27(33)34)17-21-3-2-4-24(30)14-21/h2-7,9-11,13-14H,8,12,15-18H2,1H3,(H,33,34)/t28-/m0/s1. The van der Waals surface area contributed by atoms with E-state index in [1.807, 2.05) is 36.4 Å². The van der Waals surface area contributed by atoms with E-state index >= 15 is 0 Å². The lowest BCUT2D eigenvalue weighted by molar-refractivity contribution is -0.144. The summed E-state index contributed by atoms with van der Waals surface area (Å²) in [6.45, 7) is 1.70. The highest BCUT2D eigenvalue weighted by molar-refractivity contribution is 6.30. The number of hydrogen-bond donors (Lipinski definition) is 1.